The fourth-order valence-corrected chi connectivity index (χ4v) is 7.31. The predicted molar refractivity (Wildman–Crippen MR) is 119 cm³/mol. The molecule has 0 amide bonds. The molecule has 1 aromatic heterocycles. The number of piperazine rings is 1. The van der Waals surface area contributed by atoms with Crippen molar-refractivity contribution < 1.29 is 12.9 Å². The number of aromatic nitrogens is 2. The largest absolute Gasteiger partial charge is 0.338 e. The van der Waals surface area contributed by atoms with Crippen LogP contribution in [-0.4, -0.2) is 72.1 Å². The lowest BCUT2D eigenvalue weighted by molar-refractivity contribution is 0.0926. The maximum Gasteiger partial charge on any atom is 0.240 e. The first kappa shape index (κ1) is 21.1. The molecule has 1 aliphatic carbocycles. The van der Waals surface area contributed by atoms with Gasteiger partial charge in [0.2, 0.25) is 5.89 Å². The highest BCUT2D eigenvalue weighted by atomic mass is 32.2. The molecule has 0 N–H and O–H groups in total. The van der Waals surface area contributed by atoms with Crippen LogP contribution in [0.3, 0.4) is 0 Å². The van der Waals surface area contributed by atoms with Gasteiger partial charge in [0.1, 0.15) is 0 Å². The lowest BCUT2D eigenvalue weighted by Gasteiger charge is -2.37. The summed E-state index contributed by atoms with van der Waals surface area (Å²) < 4.78 is 29.3. The summed E-state index contributed by atoms with van der Waals surface area (Å²) in [7, 11) is -2.83. The van der Waals surface area contributed by atoms with Crippen molar-refractivity contribution in [1.82, 2.24) is 19.9 Å². The molecule has 0 spiro atoms. The molecule has 1 aromatic carbocycles. The minimum atomic E-state index is -2.83. The Morgan fingerprint density at radius 3 is 2.45 bits per heavy atom. The van der Waals surface area contributed by atoms with Gasteiger partial charge in [0, 0.05) is 32.2 Å². The standard InChI is InChI=1S/C23H32N4O3S/c1-18-4-6-19(7-5-18)23(9-2-3-10-23)22-24-21(30-25-22)16-26-11-13-27(14-12-26)20-8-15-31(28,29)17-20/h4-7,20H,2-3,8-17H2,1H3. The topological polar surface area (TPSA) is 79.5 Å². The molecule has 5 rings (SSSR count). The van der Waals surface area contributed by atoms with Gasteiger partial charge in [-0.25, -0.2) is 8.42 Å². The average molecular weight is 445 g/mol. The van der Waals surface area contributed by atoms with E-state index < -0.39 is 9.84 Å². The van der Waals surface area contributed by atoms with Crippen LogP contribution in [0.25, 0.3) is 0 Å². The number of nitrogens with zero attached hydrogens (tertiary/aromatic N) is 4. The van der Waals surface area contributed by atoms with Crippen LogP contribution in [0.2, 0.25) is 0 Å². The zero-order chi connectivity index (χ0) is 21.5. The number of benzene rings is 1. The van der Waals surface area contributed by atoms with Crippen LogP contribution in [0.1, 0.15) is 54.9 Å². The van der Waals surface area contributed by atoms with Gasteiger partial charge >= 0.3 is 0 Å². The third-order valence-corrected chi connectivity index (χ3v) is 9.20. The summed E-state index contributed by atoms with van der Waals surface area (Å²) in [5.41, 5.74) is 2.44. The van der Waals surface area contributed by atoms with Crippen molar-refractivity contribution in [2.24, 2.45) is 0 Å². The highest BCUT2D eigenvalue weighted by Gasteiger charge is 2.41. The van der Waals surface area contributed by atoms with Crippen LogP contribution in [0.15, 0.2) is 28.8 Å². The molecule has 8 heteroatoms. The Morgan fingerprint density at radius 2 is 1.81 bits per heavy atom. The first-order valence-electron chi connectivity index (χ1n) is 11.5. The Bertz CT molecular complexity index is 1000. The van der Waals surface area contributed by atoms with E-state index >= 15 is 0 Å². The number of hydrogen-bond acceptors (Lipinski definition) is 7. The molecule has 2 saturated heterocycles. The lowest BCUT2D eigenvalue weighted by Crippen LogP contribution is -2.50. The minimum absolute atomic E-state index is 0.123. The first-order chi connectivity index (χ1) is 14.9. The second-order valence-corrected chi connectivity index (χ2v) is 11.8. The maximum atomic E-state index is 11.8. The molecule has 31 heavy (non-hydrogen) atoms. The molecule has 7 nitrogen and oxygen atoms in total. The van der Waals surface area contributed by atoms with E-state index in [9.17, 15) is 8.42 Å². The third-order valence-electron chi connectivity index (χ3n) is 7.45. The van der Waals surface area contributed by atoms with Crippen molar-refractivity contribution >= 4 is 9.84 Å². The van der Waals surface area contributed by atoms with Crippen LogP contribution < -0.4 is 0 Å². The summed E-state index contributed by atoms with van der Waals surface area (Å²) in [5, 5.41) is 4.44. The quantitative estimate of drug-likeness (QED) is 0.701. The van der Waals surface area contributed by atoms with Crippen LogP contribution >= 0.6 is 0 Å². The number of hydrogen-bond donors (Lipinski definition) is 0. The molecule has 3 fully saturated rings. The SMILES string of the molecule is Cc1ccc(C2(c3noc(CN4CCN(C5CCS(=O)(=O)C5)CC4)n3)CCCC2)cc1. The van der Waals surface area contributed by atoms with Crippen molar-refractivity contribution in [3.05, 3.63) is 47.1 Å². The second kappa shape index (κ2) is 8.30. The molecular weight excluding hydrogens is 412 g/mol. The Labute approximate surface area is 184 Å². The van der Waals surface area contributed by atoms with E-state index in [1.165, 1.54) is 24.0 Å². The monoisotopic (exact) mass is 444 g/mol. The number of sulfone groups is 1. The Kier molecular flexibility index (Phi) is 5.65. The Hall–Kier alpha value is -1.77. The molecule has 1 unspecified atom stereocenters. The van der Waals surface area contributed by atoms with Crippen LogP contribution in [0.5, 0.6) is 0 Å². The fraction of sp³-hybridized carbons (Fsp3) is 0.652. The highest BCUT2D eigenvalue weighted by molar-refractivity contribution is 7.91. The van der Waals surface area contributed by atoms with E-state index in [1.807, 2.05) is 0 Å². The average Bonchev–Trinajstić information content (AvgIpc) is 3.49. The molecule has 3 aliphatic rings. The molecular formula is C23H32N4O3S. The van der Waals surface area contributed by atoms with Gasteiger partial charge in [-0.3, -0.25) is 9.80 Å². The molecule has 1 atom stereocenters. The van der Waals surface area contributed by atoms with Gasteiger partial charge in [-0.15, -0.1) is 0 Å². The predicted octanol–water partition coefficient (Wildman–Crippen LogP) is 2.54. The summed E-state index contributed by atoms with van der Waals surface area (Å²) in [4.78, 5) is 9.54. The van der Waals surface area contributed by atoms with Gasteiger partial charge in [-0.1, -0.05) is 47.8 Å². The summed E-state index contributed by atoms with van der Waals surface area (Å²) in [6.45, 7) is 6.37. The molecule has 2 aliphatic heterocycles. The normalized spacial score (nSPS) is 26.4. The van der Waals surface area contributed by atoms with E-state index in [0.29, 0.717) is 23.9 Å². The van der Waals surface area contributed by atoms with E-state index in [0.717, 1.165) is 51.3 Å². The lowest BCUT2D eigenvalue weighted by atomic mass is 9.78. The summed E-state index contributed by atoms with van der Waals surface area (Å²) in [6, 6.07) is 8.98. The zero-order valence-electron chi connectivity index (χ0n) is 18.3. The second-order valence-electron chi connectivity index (χ2n) is 9.54. The summed E-state index contributed by atoms with van der Waals surface area (Å²) in [5.74, 6) is 2.18. The Morgan fingerprint density at radius 1 is 1.10 bits per heavy atom. The smallest absolute Gasteiger partial charge is 0.240 e. The van der Waals surface area contributed by atoms with Gasteiger partial charge in [0.05, 0.1) is 23.5 Å². The third kappa shape index (κ3) is 4.30. The Balaban J connectivity index is 1.23. The van der Waals surface area contributed by atoms with E-state index in [1.54, 1.807) is 0 Å². The highest BCUT2D eigenvalue weighted by Crippen LogP contribution is 2.45. The molecule has 3 heterocycles. The van der Waals surface area contributed by atoms with Crippen molar-refractivity contribution in [2.45, 2.75) is 57.0 Å². The molecule has 168 valence electrons. The van der Waals surface area contributed by atoms with Crippen LogP contribution in [0, 0.1) is 6.92 Å². The van der Waals surface area contributed by atoms with Gasteiger partial charge in [0.25, 0.3) is 0 Å². The molecule has 2 aromatic rings. The van der Waals surface area contributed by atoms with E-state index in [-0.39, 0.29) is 11.5 Å². The fourth-order valence-electron chi connectivity index (χ4n) is 5.55. The first-order valence-corrected chi connectivity index (χ1v) is 13.3. The van der Waals surface area contributed by atoms with Gasteiger partial charge in [0.15, 0.2) is 15.7 Å². The van der Waals surface area contributed by atoms with Crippen LogP contribution in [0.4, 0.5) is 0 Å². The zero-order valence-corrected chi connectivity index (χ0v) is 19.1. The van der Waals surface area contributed by atoms with Crippen molar-refractivity contribution in [2.75, 3.05) is 37.7 Å². The number of rotatable bonds is 5. The maximum absolute atomic E-state index is 11.8. The molecule has 0 radical (unpaired) electrons. The number of aryl methyl sites for hydroxylation is 1. The van der Waals surface area contributed by atoms with Crippen molar-refractivity contribution in [3.8, 4) is 0 Å². The van der Waals surface area contributed by atoms with E-state index in [4.69, 9.17) is 9.51 Å². The van der Waals surface area contributed by atoms with Crippen LogP contribution in [-0.2, 0) is 21.8 Å². The van der Waals surface area contributed by atoms with Gasteiger partial charge in [-0.2, -0.15) is 4.98 Å². The summed E-state index contributed by atoms with van der Waals surface area (Å²) >= 11 is 0. The van der Waals surface area contributed by atoms with Crippen molar-refractivity contribution in [1.29, 1.82) is 0 Å². The molecule has 0 bridgehead atoms. The molecule has 1 saturated carbocycles. The van der Waals surface area contributed by atoms with Gasteiger partial charge in [-0.05, 0) is 31.7 Å². The van der Waals surface area contributed by atoms with Crippen molar-refractivity contribution in [3.63, 3.8) is 0 Å². The summed E-state index contributed by atoms with van der Waals surface area (Å²) in [6.07, 6.45) is 5.29. The van der Waals surface area contributed by atoms with Gasteiger partial charge < -0.3 is 4.52 Å². The minimum Gasteiger partial charge on any atom is -0.338 e. The van der Waals surface area contributed by atoms with E-state index in [2.05, 4.69) is 46.1 Å².